The van der Waals surface area contributed by atoms with Gasteiger partial charge in [0.25, 0.3) is 5.91 Å². The van der Waals surface area contributed by atoms with E-state index >= 15 is 0 Å². The number of phenols is 2. The molecule has 0 spiro atoms. The lowest BCUT2D eigenvalue weighted by Gasteiger charge is -2.04. The Morgan fingerprint density at radius 3 is 2.95 bits per heavy atom. The zero-order valence-corrected chi connectivity index (χ0v) is 10.8. The van der Waals surface area contributed by atoms with Crippen LogP contribution in [0.1, 0.15) is 27.3 Å². The van der Waals surface area contributed by atoms with E-state index in [0.717, 1.165) is 25.0 Å². The lowest BCUT2D eigenvalue weighted by molar-refractivity contribution is 0.102. The van der Waals surface area contributed by atoms with Crippen LogP contribution in [-0.4, -0.2) is 21.1 Å². The van der Waals surface area contributed by atoms with Crippen LogP contribution in [0.15, 0.2) is 18.2 Å². The SMILES string of the molecule is O=C(Nc1nc2c(s1)CCC2)c1cc(O)ccc1O. The van der Waals surface area contributed by atoms with Crippen LogP contribution in [0.25, 0.3) is 0 Å². The van der Waals surface area contributed by atoms with E-state index in [0.29, 0.717) is 5.13 Å². The van der Waals surface area contributed by atoms with Crippen LogP contribution in [0.2, 0.25) is 0 Å². The molecule has 1 aromatic heterocycles. The normalized spacial score (nSPS) is 13.3. The molecular weight excluding hydrogens is 264 g/mol. The van der Waals surface area contributed by atoms with Crippen molar-refractivity contribution >= 4 is 22.4 Å². The number of anilines is 1. The Balaban J connectivity index is 1.82. The van der Waals surface area contributed by atoms with Gasteiger partial charge in [0.2, 0.25) is 0 Å². The van der Waals surface area contributed by atoms with Crippen LogP contribution in [0.3, 0.4) is 0 Å². The van der Waals surface area contributed by atoms with Gasteiger partial charge < -0.3 is 10.2 Å². The molecule has 6 heteroatoms. The number of aromatic nitrogens is 1. The lowest BCUT2D eigenvalue weighted by Crippen LogP contribution is -2.11. The summed E-state index contributed by atoms with van der Waals surface area (Å²) >= 11 is 1.47. The Morgan fingerprint density at radius 2 is 2.16 bits per heavy atom. The fourth-order valence-electron chi connectivity index (χ4n) is 2.11. The van der Waals surface area contributed by atoms with Gasteiger partial charge in [-0.1, -0.05) is 0 Å². The maximum atomic E-state index is 12.0. The summed E-state index contributed by atoms with van der Waals surface area (Å²) in [5, 5.41) is 22.1. The second kappa shape index (κ2) is 4.55. The van der Waals surface area contributed by atoms with Crippen LogP contribution in [0.4, 0.5) is 5.13 Å². The van der Waals surface area contributed by atoms with E-state index in [1.165, 1.54) is 34.4 Å². The molecule has 98 valence electrons. The summed E-state index contributed by atoms with van der Waals surface area (Å²) < 4.78 is 0. The van der Waals surface area contributed by atoms with E-state index < -0.39 is 5.91 Å². The minimum Gasteiger partial charge on any atom is -0.508 e. The quantitative estimate of drug-likeness (QED) is 0.735. The van der Waals surface area contributed by atoms with Gasteiger partial charge >= 0.3 is 0 Å². The van der Waals surface area contributed by atoms with Gasteiger partial charge in [-0.15, -0.1) is 11.3 Å². The molecule has 5 nitrogen and oxygen atoms in total. The van der Waals surface area contributed by atoms with Crippen molar-refractivity contribution in [3.63, 3.8) is 0 Å². The van der Waals surface area contributed by atoms with Gasteiger partial charge in [-0.05, 0) is 37.5 Å². The summed E-state index contributed by atoms with van der Waals surface area (Å²) in [4.78, 5) is 17.6. The van der Waals surface area contributed by atoms with Crippen LogP contribution in [-0.2, 0) is 12.8 Å². The number of nitrogens with one attached hydrogen (secondary N) is 1. The second-order valence-corrected chi connectivity index (χ2v) is 5.48. The Kier molecular flexibility index (Phi) is 2.87. The Bertz CT molecular complexity index is 630. The summed E-state index contributed by atoms with van der Waals surface area (Å²) in [5.74, 6) is -0.704. The molecule has 3 rings (SSSR count). The number of aryl methyl sites for hydroxylation is 2. The predicted molar refractivity (Wildman–Crippen MR) is 71.9 cm³/mol. The Hall–Kier alpha value is -2.08. The fourth-order valence-corrected chi connectivity index (χ4v) is 3.16. The monoisotopic (exact) mass is 276 g/mol. The molecule has 1 aliphatic carbocycles. The van der Waals surface area contributed by atoms with E-state index in [1.807, 2.05) is 0 Å². The van der Waals surface area contributed by atoms with Crippen molar-refractivity contribution in [1.29, 1.82) is 0 Å². The van der Waals surface area contributed by atoms with E-state index in [2.05, 4.69) is 10.3 Å². The number of aromatic hydroxyl groups is 2. The summed E-state index contributed by atoms with van der Waals surface area (Å²) in [6, 6.07) is 3.84. The van der Waals surface area contributed by atoms with Gasteiger partial charge in [0.15, 0.2) is 5.13 Å². The molecule has 0 unspecified atom stereocenters. The average molecular weight is 276 g/mol. The molecule has 0 aliphatic heterocycles. The highest BCUT2D eigenvalue weighted by molar-refractivity contribution is 7.16. The Labute approximate surface area is 113 Å². The number of rotatable bonds is 2. The number of thiazole rings is 1. The summed E-state index contributed by atoms with van der Waals surface area (Å²) in [6.07, 6.45) is 3.09. The van der Waals surface area contributed by atoms with Gasteiger partial charge in [-0.25, -0.2) is 4.98 Å². The van der Waals surface area contributed by atoms with E-state index in [-0.39, 0.29) is 17.1 Å². The second-order valence-electron chi connectivity index (χ2n) is 4.40. The van der Waals surface area contributed by atoms with E-state index in [4.69, 9.17) is 0 Å². The number of hydrogen-bond acceptors (Lipinski definition) is 5. The molecule has 2 aromatic rings. The minimum atomic E-state index is -0.471. The first-order chi connectivity index (χ1) is 9.13. The highest BCUT2D eigenvalue weighted by atomic mass is 32.1. The largest absolute Gasteiger partial charge is 0.508 e. The van der Waals surface area contributed by atoms with Crippen LogP contribution in [0.5, 0.6) is 11.5 Å². The molecule has 1 heterocycles. The third-order valence-corrected chi connectivity index (χ3v) is 4.11. The van der Waals surface area contributed by atoms with Gasteiger partial charge in [0, 0.05) is 4.88 Å². The fraction of sp³-hybridized carbons (Fsp3) is 0.231. The van der Waals surface area contributed by atoms with Crippen LogP contribution in [0, 0.1) is 0 Å². The van der Waals surface area contributed by atoms with Gasteiger partial charge in [-0.3, -0.25) is 10.1 Å². The lowest BCUT2D eigenvalue weighted by atomic mass is 10.2. The molecule has 1 aliphatic rings. The molecule has 1 aromatic carbocycles. The number of carbonyl (C=O) groups excluding carboxylic acids is 1. The molecule has 0 saturated heterocycles. The number of nitrogens with zero attached hydrogens (tertiary/aromatic N) is 1. The van der Waals surface area contributed by atoms with Crippen molar-refractivity contribution < 1.29 is 15.0 Å². The molecular formula is C13H12N2O3S. The van der Waals surface area contributed by atoms with Gasteiger partial charge in [0.05, 0.1) is 11.3 Å². The molecule has 0 fully saturated rings. The molecule has 1 amide bonds. The first kappa shape index (κ1) is 12.0. The number of fused-ring (bicyclic) bond motifs is 1. The highest BCUT2D eigenvalue weighted by Crippen LogP contribution is 2.31. The van der Waals surface area contributed by atoms with E-state index in [1.54, 1.807) is 0 Å². The third kappa shape index (κ3) is 2.26. The third-order valence-electron chi connectivity index (χ3n) is 3.04. The number of benzene rings is 1. The zero-order chi connectivity index (χ0) is 13.4. The molecule has 0 saturated carbocycles. The molecule has 3 N–H and O–H groups in total. The molecule has 0 atom stereocenters. The van der Waals surface area contributed by atoms with Crippen LogP contribution < -0.4 is 5.32 Å². The first-order valence-corrected chi connectivity index (χ1v) is 6.77. The first-order valence-electron chi connectivity index (χ1n) is 5.95. The van der Waals surface area contributed by atoms with Crippen molar-refractivity contribution in [3.8, 4) is 11.5 Å². The van der Waals surface area contributed by atoms with Crippen molar-refractivity contribution in [1.82, 2.24) is 4.98 Å². The predicted octanol–water partition coefficient (Wildman–Crippen LogP) is 2.30. The number of phenolic OH excluding ortho intramolecular Hbond substituents is 2. The maximum Gasteiger partial charge on any atom is 0.261 e. The standard InChI is InChI=1S/C13H12N2O3S/c16-7-4-5-10(17)8(6-7)12(18)15-13-14-9-2-1-3-11(9)19-13/h4-6,16-17H,1-3H2,(H,14,15,18). The average Bonchev–Trinajstić information content (AvgIpc) is 2.92. The van der Waals surface area contributed by atoms with Crippen molar-refractivity contribution in [2.45, 2.75) is 19.3 Å². The molecule has 0 radical (unpaired) electrons. The van der Waals surface area contributed by atoms with Crippen molar-refractivity contribution in [2.24, 2.45) is 0 Å². The number of amides is 1. The van der Waals surface area contributed by atoms with Crippen molar-refractivity contribution in [2.75, 3.05) is 5.32 Å². The molecule has 0 bridgehead atoms. The summed E-state index contributed by atoms with van der Waals surface area (Å²) in [7, 11) is 0. The number of carbonyl (C=O) groups is 1. The van der Waals surface area contributed by atoms with Crippen LogP contribution >= 0.6 is 11.3 Å². The van der Waals surface area contributed by atoms with Gasteiger partial charge in [-0.2, -0.15) is 0 Å². The summed E-state index contributed by atoms with van der Waals surface area (Å²) in [5.41, 5.74) is 1.09. The summed E-state index contributed by atoms with van der Waals surface area (Å²) in [6.45, 7) is 0. The molecule has 19 heavy (non-hydrogen) atoms. The van der Waals surface area contributed by atoms with E-state index in [9.17, 15) is 15.0 Å². The highest BCUT2D eigenvalue weighted by Gasteiger charge is 2.19. The Morgan fingerprint density at radius 1 is 1.32 bits per heavy atom. The minimum absolute atomic E-state index is 0.0374. The smallest absolute Gasteiger partial charge is 0.261 e. The van der Waals surface area contributed by atoms with Gasteiger partial charge in [0.1, 0.15) is 11.5 Å². The zero-order valence-electron chi connectivity index (χ0n) is 10.0. The maximum absolute atomic E-state index is 12.0. The topological polar surface area (TPSA) is 82.5 Å². The number of hydrogen-bond donors (Lipinski definition) is 3. The van der Waals surface area contributed by atoms with Crippen molar-refractivity contribution in [3.05, 3.63) is 34.3 Å².